The van der Waals surface area contributed by atoms with Gasteiger partial charge in [-0.05, 0) is 135 Å². The summed E-state index contributed by atoms with van der Waals surface area (Å²) in [6.07, 6.45) is 6.17. The lowest BCUT2D eigenvalue weighted by Crippen LogP contribution is -2.48. The Morgan fingerprint density at radius 1 is 0.768 bits per heavy atom. The first-order valence-corrected chi connectivity index (χ1v) is 22.2. The number of carboxylic acid groups (broad SMARTS) is 2. The van der Waals surface area contributed by atoms with Crippen molar-refractivity contribution in [1.29, 1.82) is 5.41 Å². The summed E-state index contributed by atoms with van der Waals surface area (Å²) in [4.78, 5) is 25.1. The number of nitrogens with zero attached hydrogens (tertiary/aromatic N) is 2. The zero-order chi connectivity index (χ0) is 50.1. The van der Waals surface area contributed by atoms with E-state index in [1.54, 1.807) is 21.9 Å². The Bertz CT molecular complexity index is 2960. The van der Waals surface area contributed by atoms with Gasteiger partial charge in [-0.3, -0.25) is 9.80 Å². The first-order valence-electron chi connectivity index (χ1n) is 22.2. The summed E-state index contributed by atoms with van der Waals surface area (Å²) in [6.45, 7) is 7.95. The highest BCUT2D eigenvalue weighted by molar-refractivity contribution is 5.88. The van der Waals surface area contributed by atoms with Crippen molar-refractivity contribution in [1.82, 2.24) is 9.80 Å². The number of nitrogens with one attached hydrogen (secondary N) is 1. The number of nitrogens with two attached hydrogens (primary N) is 1. The third-order valence-corrected chi connectivity index (χ3v) is 12.1. The van der Waals surface area contributed by atoms with E-state index in [-0.39, 0.29) is 41.4 Å². The van der Waals surface area contributed by atoms with Gasteiger partial charge >= 0.3 is 11.9 Å². The fourth-order valence-corrected chi connectivity index (χ4v) is 9.35. The highest BCUT2D eigenvalue weighted by atomic mass is 19.2. The lowest BCUT2D eigenvalue weighted by atomic mass is 9.82. The molecule has 0 saturated carbocycles. The van der Waals surface area contributed by atoms with Crippen LogP contribution in [0.1, 0.15) is 97.0 Å². The van der Waals surface area contributed by atoms with Crippen molar-refractivity contribution in [3.05, 3.63) is 171 Å². The van der Waals surface area contributed by atoms with Gasteiger partial charge in [0.1, 0.15) is 45.9 Å². The van der Waals surface area contributed by atoms with Crippen LogP contribution in [0.25, 0.3) is 34.2 Å². The summed E-state index contributed by atoms with van der Waals surface area (Å²) >= 11 is 0. The van der Waals surface area contributed by atoms with Gasteiger partial charge in [0, 0.05) is 77.4 Å². The second-order valence-electron chi connectivity index (χ2n) is 18.7. The third-order valence-electron chi connectivity index (χ3n) is 12.1. The SMILES string of the molecule is CC(C)(F)CN1CCc2c(oc3ccccc23)C1c1c(F)cc(/C=C/C(=O)O)cc1F.CC1Cc2cc(-c3ccc(N)c(C=N)c3)ccc2C(c2c(F)cc(/C=C/C(=O)O)cc2F)N1CC(C)(C)F. The Balaban J connectivity index is 0.000000208. The first-order chi connectivity index (χ1) is 32.5. The number of hydrogen-bond donors (Lipinski definition) is 4. The average molecular weight is 951 g/mol. The number of rotatable bonds is 12. The van der Waals surface area contributed by atoms with Gasteiger partial charge in [-0.15, -0.1) is 0 Å². The molecule has 0 fully saturated rings. The largest absolute Gasteiger partial charge is 0.478 e. The van der Waals surface area contributed by atoms with Crippen molar-refractivity contribution >= 4 is 47.0 Å². The number of alkyl halides is 2. The molecule has 15 heteroatoms. The summed E-state index contributed by atoms with van der Waals surface area (Å²) in [5.41, 5.74) is 8.28. The molecule has 3 heterocycles. The minimum Gasteiger partial charge on any atom is -0.478 e. The third kappa shape index (κ3) is 11.3. The van der Waals surface area contributed by atoms with Crippen LogP contribution in [0.4, 0.5) is 32.0 Å². The van der Waals surface area contributed by atoms with E-state index in [0.717, 1.165) is 76.2 Å². The molecule has 0 radical (unpaired) electrons. The van der Waals surface area contributed by atoms with E-state index in [0.29, 0.717) is 47.5 Å². The molecule has 5 N–H and O–H groups in total. The lowest BCUT2D eigenvalue weighted by molar-refractivity contribution is -0.132. The molecule has 8 rings (SSSR count). The molecule has 0 saturated heterocycles. The molecule has 0 bridgehead atoms. The topological polar surface area (TPSA) is 144 Å². The van der Waals surface area contributed by atoms with Crippen LogP contribution < -0.4 is 5.73 Å². The predicted molar refractivity (Wildman–Crippen MR) is 256 cm³/mol. The van der Waals surface area contributed by atoms with Gasteiger partial charge in [0.2, 0.25) is 0 Å². The smallest absolute Gasteiger partial charge is 0.328 e. The van der Waals surface area contributed by atoms with Crippen molar-refractivity contribution in [2.45, 2.75) is 76.9 Å². The van der Waals surface area contributed by atoms with E-state index in [2.05, 4.69) is 0 Å². The zero-order valence-electron chi connectivity index (χ0n) is 38.6. The molecule has 360 valence electrons. The van der Waals surface area contributed by atoms with Crippen molar-refractivity contribution in [3.8, 4) is 11.1 Å². The number of benzene rings is 5. The molecular weight excluding hydrogens is 899 g/mol. The quantitative estimate of drug-likeness (QED) is 0.0411. The van der Waals surface area contributed by atoms with Gasteiger partial charge in [0.25, 0.3) is 0 Å². The fourth-order valence-electron chi connectivity index (χ4n) is 9.35. The summed E-state index contributed by atoms with van der Waals surface area (Å²) in [6, 6.07) is 20.7. The van der Waals surface area contributed by atoms with Crippen LogP contribution in [-0.2, 0) is 22.4 Å². The number of fused-ring (bicyclic) bond motifs is 4. The summed E-state index contributed by atoms with van der Waals surface area (Å²) in [5, 5.41) is 26.1. The van der Waals surface area contributed by atoms with Gasteiger partial charge in [-0.25, -0.2) is 35.9 Å². The normalized spacial score (nSPS) is 17.7. The highest BCUT2D eigenvalue weighted by Crippen LogP contribution is 2.45. The molecule has 69 heavy (non-hydrogen) atoms. The Hall–Kier alpha value is -6.97. The van der Waals surface area contributed by atoms with Gasteiger partial charge < -0.3 is 25.8 Å². The number of anilines is 1. The van der Waals surface area contributed by atoms with Crippen LogP contribution in [0.3, 0.4) is 0 Å². The minimum atomic E-state index is -1.62. The van der Waals surface area contributed by atoms with E-state index in [4.69, 9.17) is 25.8 Å². The molecule has 5 aromatic carbocycles. The van der Waals surface area contributed by atoms with Crippen molar-refractivity contribution < 1.29 is 50.6 Å². The van der Waals surface area contributed by atoms with Crippen LogP contribution in [0.2, 0.25) is 0 Å². The minimum absolute atomic E-state index is 0.0340. The molecule has 3 unspecified atom stereocenters. The van der Waals surface area contributed by atoms with E-state index < -0.39 is 58.6 Å². The number of nitrogen functional groups attached to an aromatic ring is 1. The van der Waals surface area contributed by atoms with Crippen LogP contribution in [0.5, 0.6) is 0 Å². The number of carboxylic acids is 2. The maximum atomic E-state index is 15.5. The molecule has 0 aliphatic carbocycles. The molecule has 2 aliphatic rings. The van der Waals surface area contributed by atoms with Crippen molar-refractivity contribution in [2.24, 2.45) is 0 Å². The summed E-state index contributed by atoms with van der Waals surface area (Å²) < 4.78 is 97.0. The highest BCUT2D eigenvalue weighted by Gasteiger charge is 2.41. The first kappa shape index (κ1) is 49.9. The van der Waals surface area contributed by atoms with Gasteiger partial charge in [0.05, 0.1) is 12.1 Å². The number of aliphatic carboxylic acids is 2. The fraction of sp³-hybridized carbons (Fsp3) is 0.278. The standard InChI is InChI=1S/C30H30F3N3O2.C24H22F3NO3/c1-17-10-21-13-19(20-6-8-26(35)22(14-20)15-34)5-7-23(21)29(36(17)16-30(2,3)33)28-24(31)11-18(12-25(28)32)4-9-27(37)38;1-24(2,27)13-28-10-9-16-15-5-3-4-6-19(15)31-23(16)22(28)21-17(25)11-14(12-18(21)26)7-8-20(29)30/h4-9,11-15,17,29,34H,10,16,35H2,1-3H3,(H,37,38);3-8,11-12,22H,9-10,13H2,1-2H3,(H,29,30)/b9-4+,34-15?;8-7+. The van der Waals surface area contributed by atoms with Gasteiger partial charge in [0.15, 0.2) is 0 Å². The number of furan rings is 1. The molecule has 0 amide bonds. The zero-order valence-corrected chi connectivity index (χ0v) is 38.6. The van der Waals surface area contributed by atoms with E-state index in [1.807, 2.05) is 55.5 Å². The summed E-state index contributed by atoms with van der Waals surface area (Å²) in [7, 11) is 0. The van der Waals surface area contributed by atoms with Crippen molar-refractivity contribution in [3.63, 3.8) is 0 Å². The maximum absolute atomic E-state index is 15.5. The van der Waals surface area contributed by atoms with Crippen LogP contribution in [0.15, 0.2) is 101 Å². The molecule has 0 spiro atoms. The van der Waals surface area contributed by atoms with E-state index in [9.17, 15) is 18.4 Å². The molecule has 6 aromatic rings. The number of carbonyl (C=O) groups is 2. The molecule has 1 aromatic heterocycles. The molecule has 3 atom stereocenters. The second-order valence-corrected chi connectivity index (χ2v) is 18.7. The monoisotopic (exact) mass is 950 g/mol. The summed E-state index contributed by atoms with van der Waals surface area (Å²) in [5.74, 6) is -5.40. The van der Waals surface area contributed by atoms with Gasteiger partial charge in [-0.2, -0.15) is 0 Å². The van der Waals surface area contributed by atoms with Crippen LogP contribution in [0, 0.1) is 28.7 Å². The van der Waals surface area contributed by atoms with Crippen LogP contribution in [-0.4, -0.2) is 75.2 Å². The molecular formula is C54H52F6N4O5. The lowest BCUT2D eigenvalue weighted by Gasteiger charge is -2.44. The maximum Gasteiger partial charge on any atom is 0.328 e. The van der Waals surface area contributed by atoms with Crippen LogP contribution >= 0.6 is 0 Å². The van der Waals surface area contributed by atoms with E-state index >= 15 is 17.6 Å². The Labute approximate surface area is 395 Å². The average Bonchev–Trinajstić information content (AvgIpc) is 3.64. The van der Waals surface area contributed by atoms with E-state index in [1.165, 1.54) is 33.9 Å². The number of hydrogen-bond acceptors (Lipinski definition) is 7. The van der Waals surface area contributed by atoms with Crippen molar-refractivity contribution in [2.75, 3.05) is 25.4 Å². The molecule has 2 aliphatic heterocycles. The number of para-hydroxylation sites is 1. The molecule has 9 nitrogen and oxygen atoms in total. The Kier molecular flexibility index (Phi) is 14.4. The second kappa shape index (κ2) is 19.9. The predicted octanol–water partition coefficient (Wildman–Crippen LogP) is 11.9. The number of halogens is 6. The Morgan fingerprint density at radius 3 is 1.86 bits per heavy atom. The Morgan fingerprint density at radius 2 is 1.30 bits per heavy atom. The van der Waals surface area contributed by atoms with Gasteiger partial charge in [-0.1, -0.05) is 42.5 Å².